The molecule has 3 heterocycles. The number of nitrogens with zero attached hydrogens (tertiary/aromatic N) is 3. The number of aldehydes is 1. The highest BCUT2D eigenvalue weighted by Gasteiger charge is 2.49. The molecule has 1 aliphatic carbocycles. The number of nitrogens with one attached hydrogen (secondary N) is 1. The van der Waals surface area contributed by atoms with E-state index in [4.69, 9.17) is 24.2 Å². The molecule has 1 N–H and O–H groups in total. The van der Waals surface area contributed by atoms with Gasteiger partial charge >= 0.3 is 6.09 Å². The van der Waals surface area contributed by atoms with E-state index in [1.54, 1.807) is 4.90 Å². The fourth-order valence-electron chi connectivity index (χ4n) is 7.48. The number of amides is 2. The number of hydrogen-bond acceptors (Lipinski definition) is 8. The molecule has 1 saturated carbocycles. The van der Waals surface area contributed by atoms with Crippen molar-refractivity contribution in [2.75, 3.05) is 13.2 Å². The van der Waals surface area contributed by atoms with Crippen LogP contribution in [0.15, 0.2) is 18.2 Å². The van der Waals surface area contributed by atoms with E-state index >= 15 is 0 Å². The molecule has 246 valence electrons. The number of aryl methyl sites for hydroxylation is 1. The maximum atomic E-state index is 14.2. The third kappa shape index (κ3) is 7.04. The van der Waals surface area contributed by atoms with E-state index in [1.165, 1.54) is 0 Å². The lowest BCUT2D eigenvalue weighted by Crippen LogP contribution is -2.57. The van der Waals surface area contributed by atoms with E-state index in [2.05, 4.69) is 5.32 Å². The molecule has 2 bridgehead atoms. The summed E-state index contributed by atoms with van der Waals surface area (Å²) in [5.41, 5.74) is 1.01. The molecule has 0 unspecified atom stereocenters. The molecular weight excluding hydrogens is 572 g/mol. The molecule has 1 aromatic heterocycles. The van der Waals surface area contributed by atoms with Gasteiger partial charge in [0, 0.05) is 12.0 Å². The van der Waals surface area contributed by atoms with E-state index in [1.807, 2.05) is 59.7 Å². The van der Waals surface area contributed by atoms with Gasteiger partial charge in [0.2, 0.25) is 11.8 Å². The van der Waals surface area contributed by atoms with Crippen molar-refractivity contribution in [1.29, 1.82) is 0 Å². The second-order valence-corrected chi connectivity index (χ2v) is 14.2. The molecule has 5 rings (SSSR count). The average molecular weight is 623 g/mol. The fraction of sp³-hybridized carbons (Fsp3) is 0.686. The Morgan fingerprint density at radius 3 is 2.58 bits per heavy atom. The van der Waals surface area contributed by atoms with Crippen LogP contribution < -0.4 is 14.8 Å². The number of benzene rings is 1. The van der Waals surface area contributed by atoms with Crippen LogP contribution in [0.5, 0.6) is 11.6 Å². The van der Waals surface area contributed by atoms with Crippen LogP contribution in [0.1, 0.15) is 98.6 Å². The minimum Gasteiger partial charge on any atom is -0.494 e. The number of carbonyl (C=O) groups excluding carboxylic acids is 3. The molecule has 0 radical (unpaired) electrons. The van der Waals surface area contributed by atoms with Crippen molar-refractivity contribution in [2.24, 2.45) is 17.3 Å². The molecule has 45 heavy (non-hydrogen) atoms. The van der Waals surface area contributed by atoms with Crippen LogP contribution in [0.25, 0.3) is 11.0 Å². The molecule has 3 aliphatic rings. The Labute approximate surface area is 267 Å². The number of alkyl carbamates (subject to hydrolysis) is 1. The van der Waals surface area contributed by atoms with Gasteiger partial charge in [-0.2, -0.15) is 0 Å². The van der Waals surface area contributed by atoms with Crippen LogP contribution in [0.3, 0.4) is 0 Å². The van der Waals surface area contributed by atoms with Gasteiger partial charge < -0.3 is 29.2 Å². The van der Waals surface area contributed by atoms with Crippen LogP contribution in [0, 0.1) is 17.3 Å². The highest BCUT2D eigenvalue weighted by Crippen LogP contribution is 2.42. The Balaban J connectivity index is 1.54. The zero-order chi connectivity index (χ0) is 32.4. The van der Waals surface area contributed by atoms with E-state index in [-0.39, 0.29) is 24.3 Å². The van der Waals surface area contributed by atoms with E-state index in [0.29, 0.717) is 36.6 Å². The maximum Gasteiger partial charge on any atom is 0.408 e. The number of carbonyl (C=O) groups is 3. The first-order valence-corrected chi connectivity index (χ1v) is 16.8. The van der Waals surface area contributed by atoms with Gasteiger partial charge in [0.25, 0.3) is 0 Å². The van der Waals surface area contributed by atoms with Crippen molar-refractivity contribution in [3.05, 3.63) is 23.9 Å². The number of fused-ring (bicyclic) bond motifs is 5. The molecule has 6 atom stereocenters. The lowest BCUT2D eigenvalue weighted by molar-refractivity contribution is -0.139. The predicted molar refractivity (Wildman–Crippen MR) is 171 cm³/mol. The van der Waals surface area contributed by atoms with Crippen molar-refractivity contribution in [3.8, 4) is 11.6 Å². The molecule has 1 saturated heterocycles. The summed E-state index contributed by atoms with van der Waals surface area (Å²) in [6.07, 6.45) is 7.81. The zero-order valence-electron chi connectivity index (χ0n) is 27.8. The first-order chi connectivity index (χ1) is 21.5. The molecule has 2 aliphatic heterocycles. The van der Waals surface area contributed by atoms with Crippen LogP contribution in [0.2, 0.25) is 0 Å². The molecule has 2 amide bonds. The van der Waals surface area contributed by atoms with Crippen molar-refractivity contribution in [1.82, 2.24) is 20.2 Å². The second kappa shape index (κ2) is 13.5. The second-order valence-electron chi connectivity index (χ2n) is 14.2. The maximum absolute atomic E-state index is 14.2. The van der Waals surface area contributed by atoms with Crippen LogP contribution in [-0.2, 0) is 20.7 Å². The summed E-state index contributed by atoms with van der Waals surface area (Å²) in [5, 5.41) is 2.92. The molecule has 10 nitrogen and oxygen atoms in total. The first kappa shape index (κ1) is 32.9. The molecule has 1 aromatic carbocycles. The predicted octanol–water partition coefficient (Wildman–Crippen LogP) is 6.03. The van der Waals surface area contributed by atoms with Crippen molar-refractivity contribution >= 4 is 29.3 Å². The monoisotopic (exact) mass is 622 g/mol. The summed E-state index contributed by atoms with van der Waals surface area (Å²) < 4.78 is 18.5. The van der Waals surface area contributed by atoms with E-state index < -0.39 is 35.3 Å². The normalized spacial score (nSPS) is 29.9. The van der Waals surface area contributed by atoms with Crippen LogP contribution in [-0.4, -0.2) is 70.1 Å². The zero-order valence-corrected chi connectivity index (χ0v) is 27.8. The molecule has 2 fully saturated rings. The van der Waals surface area contributed by atoms with Gasteiger partial charge in [-0.05, 0) is 82.3 Å². The third-order valence-electron chi connectivity index (χ3n) is 10.0. The Morgan fingerprint density at radius 1 is 1.09 bits per heavy atom. The molecular formula is C35H50N4O6. The van der Waals surface area contributed by atoms with E-state index in [0.717, 1.165) is 62.4 Å². The van der Waals surface area contributed by atoms with Gasteiger partial charge in [-0.1, -0.05) is 40.5 Å². The van der Waals surface area contributed by atoms with Gasteiger partial charge in [-0.15, -0.1) is 0 Å². The Morgan fingerprint density at radius 2 is 1.87 bits per heavy atom. The summed E-state index contributed by atoms with van der Waals surface area (Å²) in [7, 11) is 0. The van der Waals surface area contributed by atoms with Crippen molar-refractivity contribution in [3.63, 3.8) is 0 Å². The summed E-state index contributed by atoms with van der Waals surface area (Å²) in [6, 6.07) is 4.11. The first-order valence-electron chi connectivity index (χ1n) is 16.8. The molecule has 2 aromatic rings. The average Bonchev–Trinajstić information content (AvgIpc) is 3.53. The lowest BCUT2D eigenvalue weighted by Gasteiger charge is -2.37. The quantitative estimate of drug-likeness (QED) is 0.411. The van der Waals surface area contributed by atoms with Gasteiger partial charge in [0.15, 0.2) is 0 Å². The summed E-state index contributed by atoms with van der Waals surface area (Å²) in [6.45, 7) is 12.4. The van der Waals surface area contributed by atoms with Gasteiger partial charge in [-0.25, -0.2) is 14.8 Å². The van der Waals surface area contributed by atoms with E-state index in [9.17, 15) is 14.4 Å². The highest BCUT2D eigenvalue weighted by atomic mass is 16.6. The Kier molecular flexibility index (Phi) is 9.89. The Bertz CT molecular complexity index is 1390. The summed E-state index contributed by atoms with van der Waals surface area (Å²) in [4.78, 5) is 51.7. The highest BCUT2D eigenvalue weighted by molar-refractivity contribution is 5.89. The summed E-state index contributed by atoms with van der Waals surface area (Å²) in [5.74, 6) is 0.842. The summed E-state index contributed by atoms with van der Waals surface area (Å²) >= 11 is 0. The molecule has 10 heteroatoms. The van der Waals surface area contributed by atoms with Crippen LogP contribution in [0.4, 0.5) is 4.79 Å². The fourth-order valence-corrected chi connectivity index (χ4v) is 7.48. The lowest BCUT2D eigenvalue weighted by atomic mass is 9.85. The van der Waals surface area contributed by atoms with Crippen molar-refractivity contribution in [2.45, 2.75) is 123 Å². The minimum atomic E-state index is -0.890. The van der Waals surface area contributed by atoms with Gasteiger partial charge in [0.05, 0.1) is 30.2 Å². The number of rotatable bonds is 4. The smallest absolute Gasteiger partial charge is 0.408 e. The standard InChI is InChI=1S/C35H50N4O6/c1-7-24-28(21-40)39-20-29(24)44-31-26(36-25-17-16-23(43-8-2)19-27(25)37-31)15-11-9-10-13-22-14-12-18-35(22,6)45-33(42)38-30(32(39)41)34(3,4)5/h16-17,19,21-22,24,28-30H,7-15,18,20H2,1-6H3,(H,38,42)/t22-,24+,28-,29+,30-,35-/m1/s1. The Hall–Kier alpha value is -3.43. The largest absolute Gasteiger partial charge is 0.494 e. The SMILES string of the molecule is CCOc1ccc2nc3c(nc2c1)O[C@H]1CN(C(=O)[C@H](C(C)(C)C)NC(=O)O[C@]2(C)CCC[C@H]2CCCCC3)[C@H](C=O)[C@@H]1CC. The number of hydrogen-bond donors (Lipinski definition) is 1. The van der Waals surface area contributed by atoms with Crippen molar-refractivity contribution < 1.29 is 28.6 Å². The topological polar surface area (TPSA) is 120 Å². The third-order valence-corrected chi connectivity index (χ3v) is 10.0. The minimum absolute atomic E-state index is 0.196. The number of ether oxygens (including phenoxy) is 3. The van der Waals surface area contributed by atoms with Crippen LogP contribution >= 0.6 is 0 Å². The molecule has 0 spiro atoms. The number of aromatic nitrogens is 2. The van der Waals surface area contributed by atoms with Gasteiger partial charge in [-0.3, -0.25) is 4.79 Å². The van der Waals surface area contributed by atoms with Gasteiger partial charge in [0.1, 0.15) is 35.5 Å².